The van der Waals surface area contributed by atoms with E-state index in [2.05, 4.69) is 5.32 Å². The minimum absolute atomic E-state index is 0.289. The first-order valence-corrected chi connectivity index (χ1v) is 8.57. The molecule has 3 rings (SSSR count). The molecule has 1 aliphatic heterocycles. The number of imide groups is 1. The Labute approximate surface area is 145 Å². The van der Waals surface area contributed by atoms with Gasteiger partial charge in [0, 0.05) is 10.6 Å². The number of amides is 3. The summed E-state index contributed by atoms with van der Waals surface area (Å²) in [4.78, 5) is 38.3. The van der Waals surface area contributed by atoms with Gasteiger partial charge in [0.2, 0.25) is 5.91 Å². The van der Waals surface area contributed by atoms with E-state index < -0.39 is 22.9 Å². The first-order chi connectivity index (χ1) is 11.5. The number of hydrogen-bond donors (Lipinski definition) is 1. The summed E-state index contributed by atoms with van der Waals surface area (Å²) in [5, 5.41) is 3.90. The van der Waals surface area contributed by atoms with Crippen molar-refractivity contribution < 1.29 is 18.8 Å². The standard InChI is InChI=1S/C16H11FN2O3S2/c17-10-3-5-11(6-4-10)18-14(20)9-19-15(21)13(24-16(19)22)8-12-2-1-7-23-12/h1-8H,9H2,(H,18,20). The molecule has 0 aliphatic carbocycles. The zero-order valence-corrected chi connectivity index (χ0v) is 13.8. The van der Waals surface area contributed by atoms with E-state index >= 15 is 0 Å². The fraction of sp³-hybridized carbons (Fsp3) is 0.0625. The van der Waals surface area contributed by atoms with Crippen LogP contribution in [-0.2, 0) is 9.59 Å². The average molecular weight is 362 g/mol. The third-order valence-corrected chi connectivity index (χ3v) is 4.85. The van der Waals surface area contributed by atoms with Crippen LogP contribution in [-0.4, -0.2) is 28.5 Å². The molecular weight excluding hydrogens is 351 g/mol. The molecule has 0 unspecified atom stereocenters. The Bertz CT molecular complexity index is 816. The number of thiophene rings is 1. The van der Waals surface area contributed by atoms with Crippen LogP contribution in [0.3, 0.4) is 0 Å². The highest BCUT2D eigenvalue weighted by Gasteiger charge is 2.36. The number of halogens is 1. The molecule has 3 amide bonds. The molecule has 24 heavy (non-hydrogen) atoms. The van der Waals surface area contributed by atoms with Crippen molar-refractivity contribution in [1.82, 2.24) is 4.90 Å². The quantitative estimate of drug-likeness (QED) is 0.845. The molecule has 2 heterocycles. The van der Waals surface area contributed by atoms with E-state index in [-0.39, 0.29) is 11.4 Å². The predicted molar refractivity (Wildman–Crippen MR) is 92.0 cm³/mol. The van der Waals surface area contributed by atoms with E-state index in [1.54, 1.807) is 6.08 Å². The van der Waals surface area contributed by atoms with Gasteiger partial charge in [-0.15, -0.1) is 11.3 Å². The zero-order chi connectivity index (χ0) is 17.1. The normalized spacial score (nSPS) is 16.0. The van der Waals surface area contributed by atoms with Crippen LogP contribution in [0, 0.1) is 5.82 Å². The maximum atomic E-state index is 12.8. The van der Waals surface area contributed by atoms with Crippen LogP contribution in [0.4, 0.5) is 14.9 Å². The molecule has 1 aliphatic rings. The van der Waals surface area contributed by atoms with Gasteiger partial charge in [0.25, 0.3) is 11.1 Å². The van der Waals surface area contributed by atoms with Crippen molar-refractivity contribution in [2.75, 3.05) is 11.9 Å². The molecule has 0 radical (unpaired) electrons. The highest BCUT2D eigenvalue weighted by Crippen LogP contribution is 2.32. The van der Waals surface area contributed by atoms with Crippen LogP contribution >= 0.6 is 23.1 Å². The van der Waals surface area contributed by atoms with Crippen LogP contribution in [0.25, 0.3) is 6.08 Å². The lowest BCUT2D eigenvalue weighted by molar-refractivity contribution is -0.127. The third kappa shape index (κ3) is 3.72. The highest BCUT2D eigenvalue weighted by atomic mass is 32.2. The molecule has 0 spiro atoms. The minimum atomic E-state index is -0.527. The predicted octanol–water partition coefficient (Wildman–Crippen LogP) is 3.56. The Hall–Kier alpha value is -2.45. The van der Waals surface area contributed by atoms with Gasteiger partial charge >= 0.3 is 0 Å². The maximum Gasteiger partial charge on any atom is 0.294 e. The van der Waals surface area contributed by atoms with Crippen LogP contribution in [0.1, 0.15) is 4.88 Å². The molecule has 5 nitrogen and oxygen atoms in total. The summed E-state index contributed by atoms with van der Waals surface area (Å²) in [5.41, 5.74) is 0.391. The largest absolute Gasteiger partial charge is 0.325 e. The molecule has 0 atom stereocenters. The van der Waals surface area contributed by atoms with Crippen LogP contribution < -0.4 is 5.32 Å². The van der Waals surface area contributed by atoms with E-state index in [1.165, 1.54) is 35.6 Å². The number of hydrogen-bond acceptors (Lipinski definition) is 5. The molecule has 1 aromatic carbocycles. The summed E-state index contributed by atoms with van der Waals surface area (Å²) in [6.45, 7) is -0.385. The Morgan fingerprint density at radius 3 is 2.62 bits per heavy atom. The van der Waals surface area contributed by atoms with E-state index in [0.717, 1.165) is 21.5 Å². The van der Waals surface area contributed by atoms with Gasteiger partial charge in [0.05, 0.1) is 4.91 Å². The second-order valence-corrected chi connectivity index (χ2v) is 6.81. The van der Waals surface area contributed by atoms with Gasteiger partial charge < -0.3 is 5.32 Å². The van der Waals surface area contributed by atoms with Gasteiger partial charge in [0.15, 0.2) is 0 Å². The maximum absolute atomic E-state index is 12.8. The molecule has 0 saturated carbocycles. The number of anilines is 1. The number of carbonyl (C=O) groups excluding carboxylic acids is 3. The van der Waals surface area contributed by atoms with Gasteiger partial charge in [0.1, 0.15) is 12.4 Å². The fourth-order valence-electron chi connectivity index (χ4n) is 2.02. The first kappa shape index (κ1) is 16.4. The van der Waals surface area contributed by atoms with Crippen LogP contribution in [0.15, 0.2) is 46.7 Å². The number of thioether (sulfide) groups is 1. The first-order valence-electron chi connectivity index (χ1n) is 6.87. The summed E-state index contributed by atoms with van der Waals surface area (Å²) >= 11 is 2.26. The molecule has 1 saturated heterocycles. The lowest BCUT2D eigenvalue weighted by atomic mass is 10.3. The van der Waals surface area contributed by atoms with Crippen molar-refractivity contribution in [3.8, 4) is 0 Å². The summed E-state index contributed by atoms with van der Waals surface area (Å²) in [6, 6.07) is 8.89. The lowest BCUT2D eigenvalue weighted by Crippen LogP contribution is -2.36. The van der Waals surface area contributed by atoms with Gasteiger partial charge in [-0.25, -0.2) is 4.39 Å². The Morgan fingerprint density at radius 2 is 1.96 bits per heavy atom. The molecule has 1 fully saturated rings. The topological polar surface area (TPSA) is 66.5 Å². The number of rotatable bonds is 4. The minimum Gasteiger partial charge on any atom is -0.325 e. The Morgan fingerprint density at radius 1 is 1.21 bits per heavy atom. The summed E-state index contributed by atoms with van der Waals surface area (Å²) in [6.07, 6.45) is 1.63. The van der Waals surface area contributed by atoms with Crippen molar-refractivity contribution in [2.24, 2.45) is 0 Å². The molecule has 1 aromatic heterocycles. The van der Waals surface area contributed by atoms with Crippen molar-refractivity contribution in [3.63, 3.8) is 0 Å². The van der Waals surface area contributed by atoms with E-state index in [1.807, 2.05) is 17.5 Å². The molecule has 2 aromatic rings. The monoisotopic (exact) mass is 362 g/mol. The number of benzene rings is 1. The van der Waals surface area contributed by atoms with Gasteiger partial charge in [-0.05, 0) is 53.5 Å². The van der Waals surface area contributed by atoms with Crippen molar-refractivity contribution >= 4 is 51.9 Å². The molecular formula is C16H11FN2O3S2. The van der Waals surface area contributed by atoms with E-state index in [9.17, 15) is 18.8 Å². The summed E-state index contributed by atoms with van der Waals surface area (Å²) in [7, 11) is 0. The highest BCUT2D eigenvalue weighted by molar-refractivity contribution is 8.18. The number of nitrogens with one attached hydrogen (secondary N) is 1. The zero-order valence-electron chi connectivity index (χ0n) is 12.2. The Balaban J connectivity index is 1.66. The lowest BCUT2D eigenvalue weighted by Gasteiger charge is -2.12. The van der Waals surface area contributed by atoms with Gasteiger partial charge in [-0.1, -0.05) is 6.07 Å². The second-order valence-electron chi connectivity index (χ2n) is 4.84. The summed E-state index contributed by atoms with van der Waals surface area (Å²) in [5.74, 6) is -1.44. The number of carbonyl (C=O) groups is 3. The van der Waals surface area contributed by atoms with Gasteiger partial charge in [-0.3, -0.25) is 19.3 Å². The van der Waals surface area contributed by atoms with Crippen LogP contribution in [0.2, 0.25) is 0 Å². The average Bonchev–Trinajstić information content (AvgIpc) is 3.14. The smallest absolute Gasteiger partial charge is 0.294 e. The molecule has 0 bridgehead atoms. The second kappa shape index (κ2) is 6.98. The summed E-state index contributed by atoms with van der Waals surface area (Å²) < 4.78 is 12.8. The van der Waals surface area contributed by atoms with E-state index in [0.29, 0.717) is 5.69 Å². The molecule has 8 heteroatoms. The number of nitrogens with zero attached hydrogens (tertiary/aromatic N) is 1. The fourth-order valence-corrected chi connectivity index (χ4v) is 3.58. The van der Waals surface area contributed by atoms with E-state index in [4.69, 9.17) is 0 Å². The van der Waals surface area contributed by atoms with Crippen molar-refractivity contribution in [3.05, 3.63) is 57.4 Å². The van der Waals surface area contributed by atoms with Crippen LogP contribution in [0.5, 0.6) is 0 Å². The van der Waals surface area contributed by atoms with Crippen molar-refractivity contribution in [2.45, 2.75) is 0 Å². The van der Waals surface area contributed by atoms with Gasteiger partial charge in [-0.2, -0.15) is 0 Å². The SMILES string of the molecule is O=C(CN1C(=O)SC(=Cc2cccs2)C1=O)Nc1ccc(F)cc1. The molecule has 122 valence electrons. The Kier molecular flexibility index (Phi) is 4.77. The molecule has 1 N–H and O–H groups in total. The third-order valence-electron chi connectivity index (χ3n) is 3.12. The van der Waals surface area contributed by atoms with Crippen molar-refractivity contribution in [1.29, 1.82) is 0 Å².